The van der Waals surface area contributed by atoms with Crippen molar-refractivity contribution in [1.29, 1.82) is 0 Å². The van der Waals surface area contributed by atoms with Gasteiger partial charge in [-0.15, -0.1) is 0 Å². The number of benzene rings is 1. The normalized spacial score (nSPS) is 16.1. The highest BCUT2D eigenvalue weighted by atomic mass is 16.2. The molecule has 118 valence electrons. The Kier molecular flexibility index (Phi) is 4.13. The minimum absolute atomic E-state index is 0.0104. The molecule has 0 spiro atoms. The Morgan fingerprint density at radius 1 is 1.32 bits per heavy atom. The van der Waals surface area contributed by atoms with Crippen LogP contribution in [0.15, 0.2) is 18.2 Å². The molecular weight excluding hydrogens is 278 g/mol. The highest BCUT2D eigenvalue weighted by Crippen LogP contribution is 2.18. The molecule has 3 rings (SSSR count). The maximum atomic E-state index is 12.1. The molecule has 0 bridgehead atoms. The van der Waals surface area contributed by atoms with E-state index in [1.165, 1.54) is 0 Å². The van der Waals surface area contributed by atoms with Gasteiger partial charge < -0.3 is 14.8 Å². The summed E-state index contributed by atoms with van der Waals surface area (Å²) >= 11 is 0. The van der Waals surface area contributed by atoms with Gasteiger partial charge in [0.15, 0.2) is 0 Å². The predicted octanol–water partition coefficient (Wildman–Crippen LogP) is 0.680. The number of aryl methyl sites for hydroxylation is 1. The fourth-order valence-electron chi connectivity index (χ4n) is 2.85. The lowest BCUT2D eigenvalue weighted by molar-refractivity contribution is 0.0827. The lowest BCUT2D eigenvalue weighted by atomic mass is 10.2. The molecule has 0 saturated carbocycles. The number of imidazole rings is 1. The van der Waals surface area contributed by atoms with Crippen LogP contribution in [0.25, 0.3) is 11.0 Å². The first-order valence-electron chi connectivity index (χ1n) is 7.66. The summed E-state index contributed by atoms with van der Waals surface area (Å²) in [5.74, 6) is 1.06. The average Bonchev–Trinajstić information content (AvgIpc) is 2.83. The van der Waals surface area contributed by atoms with E-state index in [2.05, 4.69) is 14.8 Å². The van der Waals surface area contributed by atoms with Crippen molar-refractivity contribution < 1.29 is 4.79 Å². The number of nitrogens with one attached hydrogen (secondary N) is 1. The number of hydrogen-bond acceptors (Lipinski definition) is 4. The summed E-state index contributed by atoms with van der Waals surface area (Å²) in [5.41, 5.74) is 2.64. The molecule has 1 fully saturated rings. The van der Waals surface area contributed by atoms with Crippen molar-refractivity contribution in [2.45, 2.75) is 6.54 Å². The van der Waals surface area contributed by atoms with E-state index in [4.69, 9.17) is 4.98 Å². The third-order valence-electron chi connectivity index (χ3n) is 4.20. The molecule has 22 heavy (non-hydrogen) atoms. The Morgan fingerprint density at radius 2 is 2.05 bits per heavy atom. The zero-order valence-electron chi connectivity index (χ0n) is 13.5. The van der Waals surface area contributed by atoms with Crippen molar-refractivity contribution in [2.24, 2.45) is 7.05 Å². The number of nitrogens with zero attached hydrogens (tertiary/aromatic N) is 4. The van der Waals surface area contributed by atoms with Gasteiger partial charge in [0.05, 0.1) is 17.6 Å². The lowest BCUT2D eigenvalue weighted by Crippen LogP contribution is -2.43. The van der Waals surface area contributed by atoms with E-state index in [0.29, 0.717) is 5.56 Å². The van der Waals surface area contributed by atoms with Crippen LogP contribution in [0.2, 0.25) is 0 Å². The zero-order valence-corrected chi connectivity index (χ0v) is 13.5. The van der Waals surface area contributed by atoms with Crippen molar-refractivity contribution >= 4 is 16.9 Å². The smallest absolute Gasteiger partial charge is 0.253 e. The molecule has 2 aromatic rings. The fourth-order valence-corrected chi connectivity index (χ4v) is 2.85. The topological polar surface area (TPSA) is 53.4 Å². The SMILES string of the molecule is CN(C)C(=O)c1ccc2c(c1)nc(CN1CCNCC1)n2C. The molecule has 0 atom stereocenters. The molecule has 1 aliphatic rings. The minimum atomic E-state index is 0.0104. The first kappa shape index (κ1) is 15.0. The second kappa shape index (κ2) is 6.06. The first-order chi connectivity index (χ1) is 10.6. The molecule has 1 saturated heterocycles. The fraction of sp³-hybridized carbons (Fsp3) is 0.500. The summed E-state index contributed by atoms with van der Waals surface area (Å²) in [5, 5.41) is 3.36. The molecule has 0 aliphatic carbocycles. The third kappa shape index (κ3) is 2.84. The van der Waals surface area contributed by atoms with Gasteiger partial charge in [0.25, 0.3) is 5.91 Å². The minimum Gasteiger partial charge on any atom is -0.345 e. The van der Waals surface area contributed by atoms with Crippen molar-refractivity contribution in [3.63, 3.8) is 0 Å². The van der Waals surface area contributed by atoms with Gasteiger partial charge in [-0.3, -0.25) is 9.69 Å². The summed E-state index contributed by atoms with van der Waals surface area (Å²) in [6, 6.07) is 5.75. The van der Waals surface area contributed by atoms with Gasteiger partial charge in [0.1, 0.15) is 5.82 Å². The monoisotopic (exact) mass is 301 g/mol. The molecule has 1 aromatic heterocycles. The van der Waals surface area contributed by atoms with Crippen LogP contribution < -0.4 is 5.32 Å². The number of aromatic nitrogens is 2. The largest absolute Gasteiger partial charge is 0.345 e. The molecule has 0 radical (unpaired) electrons. The van der Waals surface area contributed by atoms with Gasteiger partial charge in [0.2, 0.25) is 0 Å². The van der Waals surface area contributed by atoms with Gasteiger partial charge in [0, 0.05) is 52.9 Å². The number of fused-ring (bicyclic) bond motifs is 1. The molecular formula is C16H23N5O. The number of carbonyl (C=O) groups is 1. The van der Waals surface area contributed by atoms with Crippen molar-refractivity contribution in [1.82, 2.24) is 24.7 Å². The van der Waals surface area contributed by atoms with E-state index >= 15 is 0 Å². The van der Waals surface area contributed by atoms with E-state index in [0.717, 1.165) is 49.6 Å². The highest BCUT2D eigenvalue weighted by molar-refractivity contribution is 5.97. The number of rotatable bonds is 3. The van der Waals surface area contributed by atoms with Gasteiger partial charge >= 0.3 is 0 Å². The van der Waals surface area contributed by atoms with Crippen LogP contribution in [-0.4, -0.2) is 65.5 Å². The van der Waals surface area contributed by atoms with Gasteiger partial charge in [-0.2, -0.15) is 0 Å². The zero-order chi connectivity index (χ0) is 15.7. The standard InChI is InChI=1S/C16H23N5O/c1-19(2)16(22)12-4-5-14-13(10-12)18-15(20(14)3)11-21-8-6-17-7-9-21/h4-5,10,17H,6-9,11H2,1-3H3. The summed E-state index contributed by atoms with van der Waals surface area (Å²) in [6.45, 7) is 5.02. The summed E-state index contributed by atoms with van der Waals surface area (Å²) in [4.78, 5) is 20.8. The van der Waals surface area contributed by atoms with Crippen LogP contribution in [0.4, 0.5) is 0 Å². The Morgan fingerprint density at radius 3 is 2.73 bits per heavy atom. The summed E-state index contributed by atoms with van der Waals surface area (Å²) in [6.07, 6.45) is 0. The van der Waals surface area contributed by atoms with Gasteiger partial charge in [-0.25, -0.2) is 4.98 Å². The van der Waals surface area contributed by atoms with E-state index in [9.17, 15) is 4.79 Å². The highest BCUT2D eigenvalue weighted by Gasteiger charge is 2.16. The number of piperazine rings is 1. The van der Waals surface area contributed by atoms with E-state index in [-0.39, 0.29) is 5.91 Å². The molecule has 1 aliphatic heterocycles. The number of carbonyl (C=O) groups excluding carboxylic acids is 1. The molecule has 6 heteroatoms. The van der Waals surface area contributed by atoms with Gasteiger partial charge in [-0.05, 0) is 18.2 Å². The molecule has 1 amide bonds. The Bertz CT molecular complexity index is 685. The van der Waals surface area contributed by atoms with E-state index in [1.54, 1.807) is 19.0 Å². The molecule has 2 heterocycles. The predicted molar refractivity (Wildman–Crippen MR) is 86.9 cm³/mol. The quantitative estimate of drug-likeness (QED) is 0.906. The van der Waals surface area contributed by atoms with Crippen LogP contribution in [0.5, 0.6) is 0 Å². The van der Waals surface area contributed by atoms with Crippen LogP contribution in [0, 0.1) is 0 Å². The average molecular weight is 301 g/mol. The second-order valence-electron chi connectivity index (χ2n) is 6.02. The Balaban J connectivity index is 1.89. The maximum Gasteiger partial charge on any atom is 0.253 e. The Hall–Kier alpha value is -1.92. The van der Waals surface area contributed by atoms with E-state index in [1.807, 2.05) is 25.2 Å². The summed E-state index contributed by atoms with van der Waals surface area (Å²) in [7, 11) is 5.57. The molecule has 1 aromatic carbocycles. The second-order valence-corrected chi connectivity index (χ2v) is 6.02. The lowest BCUT2D eigenvalue weighted by Gasteiger charge is -2.26. The maximum absolute atomic E-state index is 12.1. The van der Waals surface area contributed by atoms with Crippen LogP contribution in [-0.2, 0) is 13.6 Å². The molecule has 1 N–H and O–H groups in total. The molecule has 0 unspecified atom stereocenters. The summed E-state index contributed by atoms with van der Waals surface area (Å²) < 4.78 is 2.13. The van der Waals surface area contributed by atoms with E-state index < -0.39 is 0 Å². The van der Waals surface area contributed by atoms with Crippen molar-refractivity contribution in [3.05, 3.63) is 29.6 Å². The number of hydrogen-bond donors (Lipinski definition) is 1. The Labute approximate surface area is 130 Å². The molecule has 6 nitrogen and oxygen atoms in total. The third-order valence-corrected chi connectivity index (χ3v) is 4.20. The number of amides is 1. The van der Waals surface area contributed by atoms with Gasteiger partial charge in [-0.1, -0.05) is 0 Å². The van der Waals surface area contributed by atoms with Crippen LogP contribution in [0.3, 0.4) is 0 Å². The van der Waals surface area contributed by atoms with Crippen LogP contribution >= 0.6 is 0 Å². The first-order valence-corrected chi connectivity index (χ1v) is 7.66. The van der Waals surface area contributed by atoms with Crippen LogP contribution in [0.1, 0.15) is 16.2 Å². The van der Waals surface area contributed by atoms with Crippen molar-refractivity contribution in [3.8, 4) is 0 Å². The van der Waals surface area contributed by atoms with Crippen molar-refractivity contribution in [2.75, 3.05) is 40.3 Å².